The van der Waals surface area contributed by atoms with Crippen LogP contribution in [-0.4, -0.2) is 33.9 Å². The number of nitro groups is 1. The molecule has 0 aliphatic rings. The summed E-state index contributed by atoms with van der Waals surface area (Å²) in [5, 5.41) is 36.3. The Morgan fingerprint density at radius 2 is 1.74 bits per heavy atom. The number of nitro benzene ring substituents is 1. The first kappa shape index (κ1) is 24.5. The molecule has 0 heterocycles. The summed E-state index contributed by atoms with van der Waals surface area (Å²) in [6.07, 6.45) is -4.73. The van der Waals surface area contributed by atoms with Gasteiger partial charge in [-0.15, -0.1) is 13.2 Å². The van der Waals surface area contributed by atoms with E-state index in [-0.39, 0.29) is 35.1 Å². The van der Waals surface area contributed by atoms with E-state index < -0.39 is 11.3 Å². The zero-order valence-electron chi connectivity index (χ0n) is 15.7. The smallest absolute Gasteiger partial charge is 0.502 e. The van der Waals surface area contributed by atoms with E-state index in [0.717, 1.165) is 37.4 Å². The topological polar surface area (TPSA) is 153 Å². The van der Waals surface area contributed by atoms with Gasteiger partial charge in [0.2, 0.25) is 5.71 Å². The molecule has 1 N–H and O–H groups in total. The van der Waals surface area contributed by atoms with Gasteiger partial charge in [0.1, 0.15) is 17.9 Å². The van der Waals surface area contributed by atoms with Gasteiger partial charge in [-0.3, -0.25) is 15.1 Å². The van der Waals surface area contributed by atoms with E-state index >= 15 is 0 Å². The van der Waals surface area contributed by atoms with Gasteiger partial charge < -0.3 is 9.84 Å². The second-order valence-corrected chi connectivity index (χ2v) is 5.51. The van der Waals surface area contributed by atoms with E-state index in [1.54, 1.807) is 12.1 Å². The number of phenols is 1. The van der Waals surface area contributed by atoms with Crippen molar-refractivity contribution in [3.8, 4) is 23.6 Å². The van der Waals surface area contributed by atoms with Gasteiger partial charge in [0, 0.05) is 15.7 Å². The Hall–Kier alpha value is -4.52. The van der Waals surface area contributed by atoms with E-state index in [1.807, 2.05) is 0 Å². The number of aromatic hydroxyl groups is 1. The number of aliphatic imine (C=N–C) groups is 1. The molecule has 0 radical (unpaired) electrons. The van der Waals surface area contributed by atoms with Crippen molar-refractivity contribution in [2.45, 2.75) is 12.9 Å². The summed E-state index contributed by atoms with van der Waals surface area (Å²) in [6, 6.07) is 11.4. The molecule has 2 aromatic rings. The number of nitroso groups, excluding NO2 is 1. The maximum Gasteiger partial charge on any atom is 0.573 e. The Bertz CT molecular complexity index is 1050. The van der Waals surface area contributed by atoms with Gasteiger partial charge in [0.15, 0.2) is 12.8 Å². The minimum atomic E-state index is -4.73. The fourth-order valence-electron chi connectivity index (χ4n) is 1.94. The van der Waals surface area contributed by atoms with Crippen molar-refractivity contribution in [2.24, 2.45) is 4.99 Å². The summed E-state index contributed by atoms with van der Waals surface area (Å²) in [4.78, 5) is 24.1. The number of ether oxygens (including phenoxy) is 1. The van der Waals surface area contributed by atoms with E-state index in [1.165, 1.54) is 12.1 Å². The first-order valence-electron chi connectivity index (χ1n) is 8.04. The summed E-state index contributed by atoms with van der Waals surface area (Å²) in [7, 11) is 1.15. The predicted molar refractivity (Wildman–Crippen MR) is 99.5 cm³/mol. The molecule has 0 spiro atoms. The number of halogens is 3. The summed E-state index contributed by atoms with van der Waals surface area (Å²) in [5.74, 6) is -0.612. The van der Waals surface area contributed by atoms with Crippen LogP contribution in [0, 0.1) is 37.7 Å². The van der Waals surface area contributed by atoms with Crippen molar-refractivity contribution in [2.75, 3.05) is 7.05 Å². The molecule has 0 aliphatic carbocycles. The lowest BCUT2D eigenvalue weighted by Crippen LogP contribution is -2.17. The minimum absolute atomic E-state index is 0.0444. The van der Waals surface area contributed by atoms with Crippen molar-refractivity contribution < 1.29 is 32.7 Å². The highest BCUT2D eigenvalue weighted by Crippen LogP contribution is 2.29. The summed E-state index contributed by atoms with van der Waals surface area (Å²) < 4.78 is 39.7. The number of phenolic OH excluding ortho intramolecular Hbond substituents is 1. The molecule has 2 aromatic carbocycles. The molecule has 0 bridgehead atoms. The third-order valence-electron chi connectivity index (χ3n) is 3.30. The van der Waals surface area contributed by atoms with Crippen LogP contribution in [0.1, 0.15) is 5.56 Å². The number of hydrogen-bond acceptors (Lipinski definition) is 8. The molecule has 0 saturated heterocycles. The Morgan fingerprint density at radius 1 is 1.16 bits per heavy atom. The fourth-order valence-corrected chi connectivity index (χ4v) is 1.94. The number of hydrogen-bond donors (Lipinski definition) is 1. The average Bonchev–Trinajstić information content (AvgIpc) is 2.69. The molecular formula is C18H13F3N5O5+. The summed E-state index contributed by atoms with van der Waals surface area (Å²) in [5.41, 5.74) is -0.0668. The maximum atomic E-state index is 11.9. The number of benzene rings is 2. The Balaban J connectivity index is 0.000000327. The predicted octanol–water partition coefficient (Wildman–Crippen LogP) is 3.91. The molecule has 0 saturated carbocycles. The average molecular weight is 436 g/mol. The number of rotatable bonds is 5. The molecule has 10 nitrogen and oxygen atoms in total. The maximum absolute atomic E-state index is 11.9. The molecule has 0 atom stereocenters. The van der Waals surface area contributed by atoms with Crippen molar-refractivity contribution in [3.63, 3.8) is 0 Å². The highest BCUT2D eigenvalue weighted by Gasteiger charge is 2.30. The lowest BCUT2D eigenvalue weighted by Gasteiger charge is -2.08. The molecule has 13 heteroatoms. The van der Waals surface area contributed by atoms with Crippen LogP contribution in [0.2, 0.25) is 0 Å². The van der Waals surface area contributed by atoms with E-state index in [0.29, 0.717) is 10.3 Å². The quantitative estimate of drug-likeness (QED) is 0.323. The van der Waals surface area contributed by atoms with Gasteiger partial charge in [-0.05, 0) is 23.8 Å². The normalized spacial score (nSPS) is 9.87. The monoisotopic (exact) mass is 436 g/mol. The standard InChI is InChI=1S/C11H6F3N3O.C7H6N2O4/c12-11(13,14)18-10-3-1-8(2-4-10)7-17-9(5-15)6-16;1-8(11)6-4-5(9(12)13)2-3-7(6)10/h1-4H,7H2;2-4H,1H3/p+1. The Labute approximate surface area is 172 Å². The van der Waals surface area contributed by atoms with Crippen LogP contribution in [-0.2, 0) is 6.54 Å². The molecule has 0 unspecified atom stereocenters. The molecule has 0 aromatic heterocycles. The van der Waals surface area contributed by atoms with Crippen molar-refractivity contribution in [3.05, 3.63) is 63.0 Å². The van der Waals surface area contributed by atoms with E-state index in [9.17, 15) is 28.2 Å². The number of alkyl halides is 3. The van der Waals surface area contributed by atoms with Gasteiger partial charge in [0.05, 0.1) is 17.5 Å². The molecule has 2 rings (SSSR count). The minimum Gasteiger partial charge on any atom is -0.502 e. The fraction of sp³-hybridized carbons (Fsp3) is 0.167. The SMILES string of the molecule is C[N+](=O)c1cc([N+](=O)[O-])ccc1O.N#CC(C#N)=NCc1ccc(OC(F)(F)F)cc1. The van der Waals surface area contributed by atoms with Gasteiger partial charge in [-0.25, -0.2) is 0 Å². The largest absolute Gasteiger partial charge is 0.573 e. The van der Waals surface area contributed by atoms with Gasteiger partial charge >= 0.3 is 12.0 Å². The third kappa shape index (κ3) is 8.57. The van der Waals surface area contributed by atoms with Crippen molar-refractivity contribution in [1.29, 1.82) is 10.5 Å². The summed E-state index contributed by atoms with van der Waals surface area (Å²) in [6.45, 7) is 0.0444. The van der Waals surface area contributed by atoms with Crippen LogP contribution >= 0.6 is 0 Å². The van der Waals surface area contributed by atoms with Gasteiger partial charge in [-0.2, -0.15) is 10.5 Å². The lowest BCUT2D eigenvalue weighted by atomic mass is 10.2. The van der Waals surface area contributed by atoms with Gasteiger partial charge in [-0.1, -0.05) is 12.1 Å². The van der Waals surface area contributed by atoms with Crippen LogP contribution in [0.3, 0.4) is 0 Å². The Morgan fingerprint density at radius 3 is 2.19 bits per heavy atom. The first-order valence-corrected chi connectivity index (χ1v) is 8.04. The summed E-state index contributed by atoms with van der Waals surface area (Å²) >= 11 is 0. The van der Waals surface area contributed by atoms with Crippen molar-refractivity contribution in [1.82, 2.24) is 0 Å². The van der Waals surface area contributed by atoms with E-state index in [4.69, 9.17) is 15.6 Å². The zero-order valence-corrected chi connectivity index (χ0v) is 15.7. The van der Waals surface area contributed by atoms with Gasteiger partial charge in [0.25, 0.3) is 5.69 Å². The third-order valence-corrected chi connectivity index (χ3v) is 3.30. The van der Waals surface area contributed by atoms with Crippen LogP contribution in [0.4, 0.5) is 24.5 Å². The van der Waals surface area contributed by atoms with E-state index in [2.05, 4.69) is 9.73 Å². The number of nitrogens with zero attached hydrogens (tertiary/aromatic N) is 5. The molecule has 0 fully saturated rings. The molecule has 0 aliphatic heterocycles. The highest BCUT2D eigenvalue weighted by atomic mass is 19.4. The van der Waals surface area contributed by atoms with Crippen LogP contribution in [0.25, 0.3) is 0 Å². The first-order chi connectivity index (χ1) is 14.5. The van der Waals surface area contributed by atoms with Crippen LogP contribution < -0.4 is 4.74 Å². The molecular weight excluding hydrogens is 423 g/mol. The lowest BCUT2D eigenvalue weighted by molar-refractivity contribution is -0.430. The second-order valence-electron chi connectivity index (χ2n) is 5.51. The molecule has 160 valence electrons. The van der Waals surface area contributed by atoms with Crippen molar-refractivity contribution >= 4 is 17.1 Å². The Kier molecular flexibility index (Phi) is 8.60. The number of non-ortho nitro benzene ring substituents is 1. The molecule has 31 heavy (non-hydrogen) atoms. The zero-order chi connectivity index (χ0) is 23.6. The van der Waals surface area contributed by atoms with Crippen LogP contribution in [0.5, 0.6) is 11.5 Å². The number of nitriles is 2. The highest BCUT2D eigenvalue weighted by molar-refractivity contribution is 6.10. The van der Waals surface area contributed by atoms with Crippen LogP contribution in [0.15, 0.2) is 47.5 Å². The second kappa shape index (κ2) is 10.9. The molecule has 0 amide bonds.